The van der Waals surface area contributed by atoms with Crippen LogP contribution in [-0.2, 0) is 0 Å². The molecule has 0 amide bonds. The molecule has 0 aliphatic rings. The first-order valence-corrected chi connectivity index (χ1v) is 5.37. The van der Waals surface area contributed by atoms with Gasteiger partial charge in [-0.05, 0) is 24.3 Å². The number of nitrogens with zero attached hydrogens (tertiary/aromatic N) is 1. The molecule has 0 aliphatic carbocycles. The third-order valence-electron chi connectivity index (χ3n) is 2.17. The molecule has 1 aromatic carbocycles. The van der Waals surface area contributed by atoms with Crippen LogP contribution >= 0.6 is 23.2 Å². The molecule has 86 valence electrons. The molecule has 1 aromatic heterocycles. The quantitative estimate of drug-likeness (QED) is 0.852. The molecule has 0 bridgehead atoms. The summed E-state index contributed by atoms with van der Waals surface area (Å²) in [5, 5.41) is 6.95. The topological polar surface area (TPSA) is 62.8 Å². The molecule has 0 saturated heterocycles. The van der Waals surface area contributed by atoms with E-state index in [9.17, 15) is 9.59 Å². The van der Waals surface area contributed by atoms with E-state index in [1.165, 1.54) is 6.07 Å². The van der Waals surface area contributed by atoms with Gasteiger partial charge in [0.2, 0.25) is 0 Å². The predicted molar refractivity (Wildman–Crippen MR) is 65.7 cm³/mol. The average Bonchev–Trinajstić information content (AvgIpc) is 2.30. The highest BCUT2D eigenvalue weighted by Gasteiger charge is 2.08. The van der Waals surface area contributed by atoms with Crippen LogP contribution in [0.4, 0.5) is 0 Å². The second-order valence-corrected chi connectivity index (χ2v) is 4.12. The lowest BCUT2D eigenvalue weighted by molar-refractivity contribution is 0.112. The highest BCUT2D eigenvalue weighted by molar-refractivity contribution is 6.36. The van der Waals surface area contributed by atoms with Gasteiger partial charge in [0.1, 0.15) is 0 Å². The van der Waals surface area contributed by atoms with Gasteiger partial charge in [-0.15, -0.1) is 0 Å². The zero-order chi connectivity index (χ0) is 12.4. The van der Waals surface area contributed by atoms with Crippen molar-refractivity contribution in [2.24, 2.45) is 0 Å². The maximum atomic E-state index is 11.2. The van der Waals surface area contributed by atoms with Gasteiger partial charge in [-0.25, -0.2) is 5.10 Å². The summed E-state index contributed by atoms with van der Waals surface area (Å²) in [5.41, 5.74) is 0.471. The molecule has 0 aliphatic heterocycles. The van der Waals surface area contributed by atoms with Crippen LogP contribution < -0.4 is 5.56 Å². The predicted octanol–water partition coefficient (Wildman–Crippen LogP) is 2.56. The normalized spacial score (nSPS) is 10.2. The van der Waals surface area contributed by atoms with E-state index >= 15 is 0 Å². The Kier molecular flexibility index (Phi) is 3.26. The number of hydrogen-bond acceptors (Lipinski definition) is 3. The molecule has 6 heteroatoms. The Morgan fingerprint density at radius 1 is 1.24 bits per heavy atom. The summed E-state index contributed by atoms with van der Waals surface area (Å²) in [6.07, 6.45) is 0.466. The molecule has 0 unspecified atom stereocenters. The second kappa shape index (κ2) is 4.69. The van der Waals surface area contributed by atoms with Crippen LogP contribution in [0.15, 0.2) is 29.1 Å². The SMILES string of the molecule is O=Cc1cc(-c2ccc(Cl)cc2Cl)n[nH]c1=O. The Balaban J connectivity index is 2.60. The van der Waals surface area contributed by atoms with Gasteiger partial charge in [0.15, 0.2) is 6.29 Å². The summed E-state index contributed by atoms with van der Waals surface area (Å²) in [5.74, 6) is 0. The van der Waals surface area contributed by atoms with Gasteiger partial charge in [-0.1, -0.05) is 23.2 Å². The molecule has 0 fully saturated rings. The maximum Gasteiger partial charge on any atom is 0.274 e. The number of halogens is 2. The molecule has 0 spiro atoms. The summed E-state index contributed by atoms with van der Waals surface area (Å²) in [4.78, 5) is 21.8. The summed E-state index contributed by atoms with van der Waals surface area (Å²) in [6, 6.07) is 6.25. The highest BCUT2D eigenvalue weighted by atomic mass is 35.5. The monoisotopic (exact) mass is 268 g/mol. The minimum Gasteiger partial charge on any atom is -0.298 e. The maximum absolute atomic E-state index is 11.2. The first-order valence-electron chi connectivity index (χ1n) is 4.62. The number of aldehydes is 1. The molecule has 17 heavy (non-hydrogen) atoms. The average molecular weight is 269 g/mol. The van der Waals surface area contributed by atoms with Gasteiger partial charge in [0, 0.05) is 10.6 Å². The molecular weight excluding hydrogens is 263 g/mol. The fourth-order valence-electron chi connectivity index (χ4n) is 1.34. The number of H-pyrrole nitrogens is 1. The van der Waals surface area contributed by atoms with E-state index < -0.39 is 5.56 Å². The Morgan fingerprint density at radius 2 is 2.00 bits per heavy atom. The van der Waals surface area contributed by atoms with Crippen LogP contribution in [-0.4, -0.2) is 16.5 Å². The van der Waals surface area contributed by atoms with Gasteiger partial charge < -0.3 is 0 Å². The lowest BCUT2D eigenvalue weighted by Crippen LogP contribution is -2.13. The third kappa shape index (κ3) is 2.38. The fourth-order valence-corrected chi connectivity index (χ4v) is 1.85. The third-order valence-corrected chi connectivity index (χ3v) is 2.71. The molecule has 0 atom stereocenters. The second-order valence-electron chi connectivity index (χ2n) is 3.28. The number of carbonyl (C=O) groups excluding carboxylic acids is 1. The van der Waals surface area contributed by atoms with E-state index in [0.29, 0.717) is 27.6 Å². The Hall–Kier alpha value is -1.65. The van der Waals surface area contributed by atoms with E-state index in [1.807, 2.05) is 0 Å². The van der Waals surface area contributed by atoms with E-state index in [4.69, 9.17) is 23.2 Å². The Labute approximate surface area is 106 Å². The van der Waals surface area contributed by atoms with Crippen LogP contribution in [0.1, 0.15) is 10.4 Å². The Morgan fingerprint density at radius 3 is 2.65 bits per heavy atom. The molecule has 1 N–H and O–H groups in total. The van der Waals surface area contributed by atoms with Gasteiger partial charge >= 0.3 is 0 Å². The number of nitrogens with one attached hydrogen (secondary N) is 1. The standard InChI is InChI=1S/C11H6Cl2N2O2/c12-7-1-2-8(9(13)4-7)10-3-6(5-16)11(17)15-14-10/h1-5H,(H,15,17). The number of benzene rings is 1. The van der Waals surface area contributed by atoms with E-state index in [-0.39, 0.29) is 5.56 Å². The molecule has 0 saturated carbocycles. The molecule has 4 nitrogen and oxygen atoms in total. The van der Waals surface area contributed by atoms with Crippen LogP contribution in [0.25, 0.3) is 11.3 Å². The van der Waals surface area contributed by atoms with Gasteiger partial charge in [0.25, 0.3) is 5.56 Å². The van der Waals surface area contributed by atoms with Gasteiger partial charge in [-0.2, -0.15) is 5.10 Å². The first-order chi connectivity index (χ1) is 8.11. The minimum atomic E-state index is -0.533. The largest absolute Gasteiger partial charge is 0.298 e. The van der Waals surface area contributed by atoms with E-state index in [0.717, 1.165) is 0 Å². The van der Waals surface area contributed by atoms with Crippen molar-refractivity contribution in [2.45, 2.75) is 0 Å². The van der Waals surface area contributed by atoms with Crippen molar-refractivity contribution < 1.29 is 4.79 Å². The summed E-state index contributed by atoms with van der Waals surface area (Å²) < 4.78 is 0. The highest BCUT2D eigenvalue weighted by Crippen LogP contribution is 2.28. The van der Waals surface area contributed by atoms with Crippen LogP contribution in [0.3, 0.4) is 0 Å². The summed E-state index contributed by atoms with van der Waals surface area (Å²) >= 11 is 11.8. The molecule has 0 radical (unpaired) electrons. The number of carbonyl (C=O) groups is 1. The number of aromatic nitrogens is 2. The summed E-state index contributed by atoms with van der Waals surface area (Å²) in [6.45, 7) is 0. The van der Waals surface area contributed by atoms with Crippen molar-refractivity contribution in [1.29, 1.82) is 0 Å². The van der Waals surface area contributed by atoms with E-state index in [1.54, 1.807) is 18.2 Å². The van der Waals surface area contributed by atoms with Crippen molar-refractivity contribution in [3.8, 4) is 11.3 Å². The van der Waals surface area contributed by atoms with Crippen LogP contribution in [0.2, 0.25) is 10.0 Å². The zero-order valence-corrected chi connectivity index (χ0v) is 9.92. The summed E-state index contributed by atoms with van der Waals surface area (Å²) in [7, 11) is 0. The van der Waals surface area contributed by atoms with Crippen molar-refractivity contribution in [3.05, 3.63) is 50.2 Å². The lowest BCUT2D eigenvalue weighted by Gasteiger charge is -2.03. The first kappa shape index (κ1) is 11.8. The van der Waals surface area contributed by atoms with Crippen LogP contribution in [0.5, 0.6) is 0 Å². The van der Waals surface area contributed by atoms with E-state index in [2.05, 4.69) is 10.2 Å². The number of rotatable bonds is 2. The molecular formula is C11H6Cl2N2O2. The number of aromatic amines is 1. The van der Waals surface area contributed by atoms with Crippen molar-refractivity contribution in [2.75, 3.05) is 0 Å². The lowest BCUT2D eigenvalue weighted by atomic mass is 10.1. The molecule has 1 heterocycles. The fraction of sp³-hybridized carbons (Fsp3) is 0. The zero-order valence-electron chi connectivity index (χ0n) is 8.41. The van der Waals surface area contributed by atoms with Crippen LogP contribution in [0, 0.1) is 0 Å². The molecule has 2 aromatic rings. The molecule has 2 rings (SSSR count). The van der Waals surface area contributed by atoms with Crippen molar-refractivity contribution in [3.63, 3.8) is 0 Å². The minimum absolute atomic E-state index is 0.000941. The van der Waals surface area contributed by atoms with Crippen molar-refractivity contribution in [1.82, 2.24) is 10.2 Å². The Bertz CT molecular complexity index is 638. The van der Waals surface area contributed by atoms with Gasteiger partial charge in [-0.3, -0.25) is 9.59 Å². The smallest absolute Gasteiger partial charge is 0.274 e. The van der Waals surface area contributed by atoms with Crippen molar-refractivity contribution >= 4 is 29.5 Å². The number of hydrogen-bond donors (Lipinski definition) is 1. The van der Waals surface area contributed by atoms with Gasteiger partial charge in [0.05, 0.1) is 16.3 Å².